The van der Waals surface area contributed by atoms with Crippen molar-refractivity contribution in [1.29, 1.82) is 21.6 Å². The summed E-state index contributed by atoms with van der Waals surface area (Å²) in [5.74, 6) is -0.866. The van der Waals surface area contributed by atoms with Crippen molar-refractivity contribution in [1.82, 2.24) is 34.6 Å². The third-order valence-electron chi connectivity index (χ3n) is 19.4. The van der Waals surface area contributed by atoms with E-state index in [1.807, 2.05) is 9.80 Å². The predicted molar refractivity (Wildman–Crippen MR) is 485 cm³/mol. The molecule has 15 rings (SSSR count). The molecule has 7 heterocycles. The molecule has 0 spiro atoms. The first-order chi connectivity index (χ1) is 59.4. The molecule has 23 nitrogen and oxygen atoms in total. The lowest BCUT2D eigenvalue weighted by Gasteiger charge is -2.33. The fraction of sp³-hybridized carbons (Fsp3) is 0.130. The molecule has 3 saturated heterocycles. The highest BCUT2D eigenvalue weighted by Crippen LogP contribution is 2.29. The second-order valence-corrected chi connectivity index (χ2v) is 31.8. The van der Waals surface area contributed by atoms with Gasteiger partial charge in [0.25, 0.3) is 23.6 Å². The Morgan fingerprint density at radius 1 is 0.298 bits per heavy atom. The van der Waals surface area contributed by atoms with Gasteiger partial charge in [0.2, 0.25) is 0 Å². The van der Waals surface area contributed by atoms with Gasteiger partial charge in [0.1, 0.15) is 46.6 Å². The van der Waals surface area contributed by atoms with E-state index in [0.717, 1.165) is 62.4 Å². The van der Waals surface area contributed by atoms with Gasteiger partial charge < -0.3 is 41.4 Å². The Bertz CT molecular complexity index is 6130. The molecule has 4 aromatic heterocycles. The van der Waals surface area contributed by atoms with Gasteiger partial charge >= 0.3 is 0 Å². The molecule has 0 radical (unpaired) electrons. The normalized spacial score (nSPS) is 12.0. The number of amides is 4. The van der Waals surface area contributed by atoms with Crippen molar-refractivity contribution < 1.29 is 42.7 Å². The van der Waals surface area contributed by atoms with Crippen LogP contribution < -0.4 is 21.3 Å². The van der Waals surface area contributed by atoms with Crippen LogP contribution in [-0.4, -0.2) is 144 Å². The number of benzene rings is 8. The van der Waals surface area contributed by atoms with Crippen LogP contribution >= 0.6 is 92.8 Å². The number of anilines is 4. The molecule has 0 atom stereocenters. The first kappa shape index (κ1) is 90.5. The molecular weight excluding hydrogens is 1750 g/mol. The smallest absolute Gasteiger partial charge is 0.257 e. The minimum absolute atomic E-state index is 0.0386. The number of Topliss-reactive ketones (excluding diaryl/α,β-unsaturated/α-hetero) is 4. The van der Waals surface area contributed by atoms with E-state index in [2.05, 4.69) is 41.2 Å². The number of nitrogens with one attached hydrogen (secondary N) is 8. The average Bonchev–Trinajstić information content (AvgIpc) is 1.76. The maximum Gasteiger partial charge on any atom is 0.257 e. The number of carbonyl (C=O) groups is 8. The summed E-state index contributed by atoms with van der Waals surface area (Å²) >= 11 is 47.6. The van der Waals surface area contributed by atoms with Crippen LogP contribution in [0.4, 0.5) is 27.7 Å². The number of carbonyl (C=O) groups excluding carboxylic acids is 8. The zero-order valence-electron chi connectivity index (χ0n) is 65.6. The molecule has 3 aliphatic rings. The van der Waals surface area contributed by atoms with Gasteiger partial charge in [-0.15, -0.1) is 0 Å². The van der Waals surface area contributed by atoms with Crippen LogP contribution in [0, 0.1) is 27.5 Å². The highest BCUT2D eigenvalue weighted by Gasteiger charge is 2.28. The SMILES string of the molecule is CC(=N)c1ccc(C(=O)Cc2ccc(Cl)cc2C(=O)Nc2ccc(Cl)cn2)cc1.N=C(c1ccc(C(=O)Cc2ccc(Cl)cc2C(=O)Nc2ccc(Cl)cn2)c(F)c1)N1CC1.N=C(c1ccc(C(=O)Cc2ccc(Cl)cc2C(=O)Nc2ccc(Cl)cn2)cc1)N1CC1.N=C(c1ccc(C(=O)Cc2ccc(Cl)cc2C(=O)Nc2ccc(Cl)cn2)cc1)N1CCC1. The fourth-order valence-electron chi connectivity index (χ4n) is 12.3. The Hall–Kier alpha value is -12.8. The first-order valence-corrected chi connectivity index (χ1v) is 41.1. The molecule has 12 aromatic rings. The fourth-order valence-corrected chi connectivity index (χ4v) is 13.5. The summed E-state index contributed by atoms with van der Waals surface area (Å²) in [6.07, 6.45) is 6.71. The number of aromatic nitrogens is 4. The van der Waals surface area contributed by atoms with Gasteiger partial charge in [-0.1, -0.05) is 196 Å². The third-order valence-corrected chi connectivity index (χ3v) is 21.2. The zero-order chi connectivity index (χ0) is 88.4. The summed E-state index contributed by atoms with van der Waals surface area (Å²) in [6, 6.07) is 56.8. The van der Waals surface area contributed by atoms with Crippen molar-refractivity contribution in [3.05, 3.63) is 372 Å². The molecule has 0 unspecified atom stereocenters. The van der Waals surface area contributed by atoms with Gasteiger partial charge in [-0.05, 0) is 150 Å². The summed E-state index contributed by atoms with van der Waals surface area (Å²) in [5, 5.41) is 45.9. The van der Waals surface area contributed by atoms with E-state index in [1.165, 1.54) is 61.2 Å². The molecule has 3 aliphatic heterocycles. The van der Waals surface area contributed by atoms with Crippen molar-refractivity contribution in [2.24, 2.45) is 0 Å². The molecule has 3 fully saturated rings. The quantitative estimate of drug-likeness (QED) is 0.0121. The number of hydrogen-bond acceptors (Lipinski definition) is 16. The van der Waals surface area contributed by atoms with E-state index < -0.39 is 35.2 Å². The van der Waals surface area contributed by atoms with Gasteiger partial charge in [-0.2, -0.15) is 0 Å². The van der Waals surface area contributed by atoms with Crippen molar-refractivity contribution in [2.45, 2.75) is 39.0 Å². The van der Waals surface area contributed by atoms with E-state index in [9.17, 15) is 42.7 Å². The molecule has 8 N–H and O–H groups in total. The summed E-state index contributed by atoms with van der Waals surface area (Å²) in [4.78, 5) is 124. The number of nitrogens with zero attached hydrogens (tertiary/aromatic N) is 7. The van der Waals surface area contributed by atoms with Gasteiger partial charge in [0, 0.05) is 171 Å². The molecule has 4 amide bonds. The minimum Gasteiger partial charge on any atom is -0.356 e. The highest BCUT2D eigenvalue weighted by atomic mass is 35.5. The lowest BCUT2D eigenvalue weighted by atomic mass is 9.97. The number of rotatable bonds is 24. The standard InChI is InChI=1S/C24H20Cl2N4O2.C23H17Cl2FN4O2.C23H18Cl2N4O2.C22H17Cl2N3O2/c25-18-7-6-17(20(13-18)24(32)29-22-9-8-19(26)14-28-22)12-21(31)15-2-4-16(5-3-15)23(27)30-10-1-11-30;24-15-3-1-13(18(11-15)23(32)29-21-6-4-16(25)12-28-21)10-20(31)17-5-2-14(9-19(17)26)22(27)30-7-8-30;24-17-6-5-16(19(12-17)23(31)28-21-8-7-18(25)13-27-21)11-20(30)14-1-3-15(4-2-14)22(26)29-9-10-29;1-13(25)14-2-4-15(5-3-14)20(28)10-16-6-7-17(23)11-19(16)22(29)27-21-9-8-18(24)12-26-21/h2-9,13-14,27H,1,10-12H2,(H,28,29,32);1-6,9,11-12,27H,7-8,10H2,(H,28,29,32);1-8,12-13,26H,9-11H2,(H,27,28,31);2-9,11-12,25H,10H2,1H3,(H,26,27,29). The molecule has 0 saturated carbocycles. The molecule has 0 bridgehead atoms. The van der Waals surface area contributed by atoms with Crippen LogP contribution in [0.15, 0.2) is 237 Å². The van der Waals surface area contributed by atoms with Crippen LogP contribution in [0.5, 0.6) is 0 Å². The van der Waals surface area contributed by atoms with Gasteiger partial charge in [0.15, 0.2) is 23.1 Å². The predicted octanol–water partition coefficient (Wildman–Crippen LogP) is 20.1. The Labute approximate surface area is 751 Å². The summed E-state index contributed by atoms with van der Waals surface area (Å²) in [5.41, 5.74) is 7.75. The maximum absolute atomic E-state index is 14.6. The zero-order valence-corrected chi connectivity index (χ0v) is 71.6. The Morgan fingerprint density at radius 2 is 0.548 bits per heavy atom. The lowest BCUT2D eigenvalue weighted by Crippen LogP contribution is -2.42. The van der Waals surface area contributed by atoms with E-state index in [-0.39, 0.29) is 65.8 Å². The Balaban J connectivity index is 0.000000151. The molecular formula is C92H72Cl8FN15O8. The number of ketones is 4. The maximum atomic E-state index is 14.6. The van der Waals surface area contributed by atoms with Crippen LogP contribution in [-0.2, 0) is 25.7 Å². The second-order valence-electron chi connectivity index (χ2n) is 28.3. The van der Waals surface area contributed by atoms with Crippen molar-refractivity contribution in [2.75, 3.05) is 60.5 Å². The number of halogens is 9. The van der Waals surface area contributed by atoms with Crippen molar-refractivity contribution in [3.63, 3.8) is 0 Å². The minimum atomic E-state index is -0.704. The summed E-state index contributed by atoms with van der Waals surface area (Å²) in [6.45, 7) is 6.81. The Kier molecular flexibility index (Phi) is 30.6. The second kappa shape index (κ2) is 41.9. The van der Waals surface area contributed by atoms with E-state index >= 15 is 0 Å². The Morgan fingerprint density at radius 3 is 0.798 bits per heavy atom. The van der Waals surface area contributed by atoms with E-state index in [1.54, 1.807) is 188 Å². The van der Waals surface area contributed by atoms with Crippen LogP contribution in [0.1, 0.15) is 141 Å². The number of pyridine rings is 4. The molecule has 8 aromatic carbocycles. The summed E-state index contributed by atoms with van der Waals surface area (Å²) < 4.78 is 14.6. The highest BCUT2D eigenvalue weighted by molar-refractivity contribution is 6.34. The van der Waals surface area contributed by atoms with Crippen molar-refractivity contribution in [3.8, 4) is 0 Å². The van der Waals surface area contributed by atoms with E-state index in [0.29, 0.717) is 136 Å². The molecule has 124 heavy (non-hydrogen) atoms. The lowest BCUT2D eigenvalue weighted by molar-refractivity contribution is 0.0977. The number of amidine groups is 3. The first-order valence-electron chi connectivity index (χ1n) is 38.1. The summed E-state index contributed by atoms with van der Waals surface area (Å²) in [7, 11) is 0. The monoisotopic (exact) mass is 1810 g/mol. The van der Waals surface area contributed by atoms with Gasteiger partial charge in [0.05, 0.1) is 25.7 Å². The van der Waals surface area contributed by atoms with Crippen LogP contribution in [0.3, 0.4) is 0 Å². The van der Waals surface area contributed by atoms with E-state index in [4.69, 9.17) is 114 Å². The largest absolute Gasteiger partial charge is 0.356 e. The molecule has 0 aliphatic carbocycles. The topological polar surface area (TPSA) is 341 Å². The average molecular weight is 1820 g/mol. The van der Waals surface area contributed by atoms with Gasteiger partial charge in [-0.25, -0.2) is 24.3 Å². The third kappa shape index (κ3) is 25.0. The molecule has 32 heteroatoms. The van der Waals surface area contributed by atoms with Gasteiger partial charge in [-0.3, -0.25) is 54.6 Å². The number of likely N-dealkylation sites (tertiary alicyclic amines) is 1. The van der Waals surface area contributed by atoms with Crippen molar-refractivity contribution >= 4 is 186 Å². The number of hydrogen-bond donors (Lipinski definition) is 8. The molecule has 626 valence electrons. The van der Waals surface area contributed by atoms with Crippen LogP contribution in [0.25, 0.3) is 0 Å². The van der Waals surface area contributed by atoms with Crippen LogP contribution in [0.2, 0.25) is 40.2 Å².